The lowest BCUT2D eigenvalue weighted by atomic mass is 9.98. The Bertz CT molecular complexity index is 1400. The lowest BCUT2D eigenvalue weighted by Crippen LogP contribution is -2.32. The molecule has 35 heavy (non-hydrogen) atoms. The Kier molecular flexibility index (Phi) is 6.21. The summed E-state index contributed by atoms with van der Waals surface area (Å²) in [4.78, 5) is 42.8. The van der Waals surface area contributed by atoms with Gasteiger partial charge in [-0.1, -0.05) is 84.1 Å². The van der Waals surface area contributed by atoms with Gasteiger partial charge in [0.2, 0.25) is 0 Å². The van der Waals surface area contributed by atoms with Crippen LogP contribution in [0.2, 0.25) is 0 Å². The summed E-state index contributed by atoms with van der Waals surface area (Å²) in [5.41, 5.74) is 3.36. The quantitative estimate of drug-likeness (QED) is 0.251. The van der Waals surface area contributed by atoms with E-state index in [0.29, 0.717) is 5.56 Å². The summed E-state index contributed by atoms with van der Waals surface area (Å²) >= 11 is 1.59. The van der Waals surface area contributed by atoms with E-state index in [-0.39, 0.29) is 22.8 Å². The minimum Gasteiger partial charge on any atom is -0.452 e. The first-order chi connectivity index (χ1) is 17.0. The van der Waals surface area contributed by atoms with Crippen LogP contribution in [0, 0.1) is 6.92 Å². The van der Waals surface area contributed by atoms with Gasteiger partial charge < -0.3 is 4.74 Å². The van der Waals surface area contributed by atoms with Crippen LogP contribution in [0.5, 0.6) is 0 Å². The monoisotopic (exact) mass is 479 g/mol. The number of ether oxygens (including phenoxy) is 1. The molecule has 0 saturated carbocycles. The lowest BCUT2D eigenvalue weighted by molar-refractivity contribution is -0.121. The van der Waals surface area contributed by atoms with Crippen LogP contribution in [0.15, 0.2) is 107 Å². The average Bonchev–Trinajstić information content (AvgIpc) is 2.90. The van der Waals surface area contributed by atoms with E-state index in [4.69, 9.17) is 4.74 Å². The Labute approximate surface area is 207 Å². The third-order valence-corrected chi connectivity index (χ3v) is 6.84. The SMILES string of the molecule is Cc1ccc(C(=O)c2ccccc2C(=O)OCC(=O)N2c3ccccc3Sc3ccccc32)cc1. The van der Waals surface area contributed by atoms with Crippen molar-refractivity contribution in [2.45, 2.75) is 16.7 Å². The van der Waals surface area contributed by atoms with Gasteiger partial charge in [0, 0.05) is 20.9 Å². The first kappa shape index (κ1) is 22.6. The molecule has 172 valence electrons. The van der Waals surface area contributed by atoms with Gasteiger partial charge >= 0.3 is 5.97 Å². The maximum Gasteiger partial charge on any atom is 0.339 e. The molecule has 1 aliphatic rings. The van der Waals surface area contributed by atoms with E-state index in [0.717, 1.165) is 26.7 Å². The molecule has 1 aliphatic heterocycles. The third-order valence-electron chi connectivity index (χ3n) is 5.71. The molecular formula is C29H21NO4S. The number of aryl methyl sites for hydroxylation is 1. The average molecular weight is 480 g/mol. The molecule has 0 spiro atoms. The largest absolute Gasteiger partial charge is 0.452 e. The normalized spacial score (nSPS) is 11.9. The van der Waals surface area contributed by atoms with Gasteiger partial charge in [-0.3, -0.25) is 14.5 Å². The minimum absolute atomic E-state index is 0.126. The Morgan fingerprint density at radius 1 is 0.714 bits per heavy atom. The molecule has 0 radical (unpaired) electrons. The second kappa shape index (κ2) is 9.60. The van der Waals surface area contributed by atoms with Crippen molar-refractivity contribution in [2.75, 3.05) is 11.5 Å². The lowest BCUT2D eigenvalue weighted by Gasteiger charge is -2.30. The zero-order valence-corrected chi connectivity index (χ0v) is 19.7. The van der Waals surface area contributed by atoms with Crippen molar-refractivity contribution in [3.8, 4) is 0 Å². The molecule has 0 aliphatic carbocycles. The highest BCUT2D eigenvalue weighted by atomic mass is 32.2. The van der Waals surface area contributed by atoms with E-state index < -0.39 is 12.6 Å². The van der Waals surface area contributed by atoms with Crippen molar-refractivity contribution in [1.82, 2.24) is 0 Å². The van der Waals surface area contributed by atoms with Crippen LogP contribution < -0.4 is 4.90 Å². The number of carbonyl (C=O) groups excluding carboxylic acids is 3. The minimum atomic E-state index is -0.720. The van der Waals surface area contributed by atoms with Crippen molar-refractivity contribution < 1.29 is 19.1 Å². The van der Waals surface area contributed by atoms with E-state index in [1.807, 2.05) is 67.6 Å². The number of benzene rings is 4. The highest BCUT2D eigenvalue weighted by molar-refractivity contribution is 7.99. The maximum absolute atomic E-state index is 13.3. The summed E-state index contributed by atoms with van der Waals surface area (Å²) in [5.74, 6) is -1.37. The molecular weight excluding hydrogens is 458 g/mol. The third kappa shape index (κ3) is 4.48. The Morgan fingerprint density at radius 3 is 1.89 bits per heavy atom. The highest BCUT2D eigenvalue weighted by Crippen LogP contribution is 2.47. The number of anilines is 2. The number of hydrogen-bond donors (Lipinski definition) is 0. The smallest absolute Gasteiger partial charge is 0.339 e. The predicted octanol–water partition coefficient (Wildman–Crippen LogP) is 6.21. The molecule has 5 rings (SSSR count). The molecule has 0 N–H and O–H groups in total. The molecule has 0 unspecified atom stereocenters. The predicted molar refractivity (Wildman–Crippen MR) is 135 cm³/mol. The second-order valence-corrected chi connectivity index (χ2v) is 9.17. The molecule has 4 aromatic carbocycles. The summed E-state index contributed by atoms with van der Waals surface area (Å²) in [6.45, 7) is 1.48. The second-order valence-electron chi connectivity index (χ2n) is 8.08. The topological polar surface area (TPSA) is 63.7 Å². The molecule has 0 bridgehead atoms. The zero-order chi connectivity index (χ0) is 24.4. The van der Waals surface area contributed by atoms with Crippen molar-refractivity contribution in [3.63, 3.8) is 0 Å². The maximum atomic E-state index is 13.3. The number of carbonyl (C=O) groups is 3. The van der Waals surface area contributed by atoms with Gasteiger partial charge in [-0.2, -0.15) is 0 Å². The number of nitrogens with zero attached hydrogens (tertiary/aromatic N) is 1. The molecule has 6 heteroatoms. The van der Waals surface area contributed by atoms with Crippen molar-refractivity contribution >= 4 is 40.8 Å². The van der Waals surface area contributed by atoms with Gasteiger partial charge in [0.05, 0.1) is 16.9 Å². The van der Waals surface area contributed by atoms with Gasteiger partial charge in [-0.25, -0.2) is 4.79 Å². The first-order valence-corrected chi connectivity index (χ1v) is 11.9. The van der Waals surface area contributed by atoms with Crippen LogP contribution in [0.4, 0.5) is 11.4 Å². The van der Waals surface area contributed by atoms with Gasteiger partial charge in [0.25, 0.3) is 5.91 Å². The summed E-state index contributed by atoms with van der Waals surface area (Å²) in [5, 5.41) is 0. The van der Waals surface area contributed by atoms with Crippen LogP contribution in [-0.2, 0) is 9.53 Å². The Morgan fingerprint density at radius 2 is 1.26 bits per heavy atom. The number of ketones is 1. The summed E-state index contributed by atoms with van der Waals surface area (Å²) < 4.78 is 5.43. The number of hydrogen-bond acceptors (Lipinski definition) is 5. The van der Waals surface area contributed by atoms with Crippen molar-refractivity contribution in [3.05, 3.63) is 119 Å². The zero-order valence-electron chi connectivity index (χ0n) is 18.9. The standard InChI is InChI=1S/C29H21NO4S/c1-19-14-16-20(17-15-19)28(32)21-8-2-3-9-22(21)29(33)34-18-27(31)30-23-10-4-6-12-25(23)35-26-13-7-5-11-24(26)30/h2-17H,18H2,1H3. The summed E-state index contributed by atoms with van der Waals surface area (Å²) in [6.07, 6.45) is 0. The molecule has 0 atom stereocenters. The molecule has 5 nitrogen and oxygen atoms in total. The molecule has 1 amide bonds. The van der Waals surface area contributed by atoms with Crippen LogP contribution >= 0.6 is 11.8 Å². The van der Waals surface area contributed by atoms with Crippen LogP contribution in [0.1, 0.15) is 31.8 Å². The number of esters is 1. The van der Waals surface area contributed by atoms with Gasteiger partial charge in [-0.15, -0.1) is 0 Å². The van der Waals surface area contributed by atoms with Gasteiger partial charge in [0.15, 0.2) is 12.4 Å². The first-order valence-electron chi connectivity index (χ1n) is 11.1. The van der Waals surface area contributed by atoms with E-state index in [2.05, 4.69) is 0 Å². The molecule has 4 aromatic rings. The fraction of sp³-hybridized carbons (Fsp3) is 0.0690. The fourth-order valence-corrected chi connectivity index (χ4v) is 5.02. The summed E-state index contributed by atoms with van der Waals surface area (Å²) in [7, 11) is 0. The van der Waals surface area contributed by atoms with E-state index in [9.17, 15) is 14.4 Å². The van der Waals surface area contributed by atoms with Crippen LogP contribution in [0.25, 0.3) is 0 Å². The molecule has 1 heterocycles. The van der Waals surface area contributed by atoms with Crippen LogP contribution in [-0.4, -0.2) is 24.3 Å². The number of amides is 1. The van der Waals surface area contributed by atoms with Gasteiger partial charge in [0.1, 0.15) is 0 Å². The van der Waals surface area contributed by atoms with Gasteiger partial charge in [-0.05, 0) is 37.3 Å². The molecule has 0 fully saturated rings. The van der Waals surface area contributed by atoms with E-state index in [1.54, 1.807) is 47.0 Å². The van der Waals surface area contributed by atoms with E-state index >= 15 is 0 Å². The van der Waals surface area contributed by atoms with Crippen molar-refractivity contribution in [2.24, 2.45) is 0 Å². The highest BCUT2D eigenvalue weighted by Gasteiger charge is 2.29. The van der Waals surface area contributed by atoms with E-state index in [1.165, 1.54) is 6.07 Å². The molecule has 0 aromatic heterocycles. The van der Waals surface area contributed by atoms with Crippen molar-refractivity contribution in [1.29, 1.82) is 0 Å². The van der Waals surface area contributed by atoms with Crippen LogP contribution in [0.3, 0.4) is 0 Å². The number of fused-ring (bicyclic) bond motifs is 2. The number of rotatable bonds is 5. The summed E-state index contributed by atoms with van der Waals surface area (Å²) in [6, 6.07) is 28.9. The number of para-hydroxylation sites is 2. The molecule has 0 saturated heterocycles. The Balaban J connectivity index is 1.37. The fourth-order valence-electron chi connectivity index (χ4n) is 3.96. The Hall–Kier alpha value is -4.16.